The molecule has 3 aromatic rings. The maximum Gasteiger partial charge on any atom is 0.243 e. The van der Waals surface area contributed by atoms with Gasteiger partial charge >= 0.3 is 0 Å². The molecule has 0 fully saturated rings. The van der Waals surface area contributed by atoms with Crippen LogP contribution in [0.2, 0.25) is 5.02 Å². The number of sulfonamides is 1. The van der Waals surface area contributed by atoms with Gasteiger partial charge in [0.2, 0.25) is 21.8 Å². The van der Waals surface area contributed by atoms with Crippen molar-refractivity contribution in [3.8, 4) is 5.75 Å². The second kappa shape index (κ2) is 14.6. The number of ether oxygens (including phenoxy) is 1. The standard InChI is InChI=1S/C32H40ClN3O5S/c1-32(2,3)34-31(38)29(21-24-12-7-6-8-13-24)35(23-25-14-9-17-28(20-25)41-4)30(37)18-11-19-36(42(5,39)40)27-16-10-15-26(33)22-27/h6-10,12-17,20,22,29H,11,18-19,21,23H2,1-5H3,(H,34,38)/t29-/m1/s1. The fraction of sp³-hybridized carbons (Fsp3) is 0.375. The number of nitrogens with one attached hydrogen (secondary N) is 1. The molecule has 0 spiro atoms. The van der Waals surface area contributed by atoms with E-state index in [0.29, 0.717) is 22.9 Å². The van der Waals surface area contributed by atoms with E-state index in [0.717, 1.165) is 17.4 Å². The van der Waals surface area contributed by atoms with Gasteiger partial charge in [-0.05, 0) is 68.7 Å². The van der Waals surface area contributed by atoms with Gasteiger partial charge in [-0.3, -0.25) is 13.9 Å². The van der Waals surface area contributed by atoms with Crippen molar-refractivity contribution >= 4 is 39.1 Å². The van der Waals surface area contributed by atoms with E-state index in [-0.39, 0.29) is 37.7 Å². The van der Waals surface area contributed by atoms with E-state index in [9.17, 15) is 18.0 Å². The van der Waals surface area contributed by atoms with Gasteiger partial charge in [0.1, 0.15) is 11.8 Å². The first kappa shape index (κ1) is 32.9. The largest absolute Gasteiger partial charge is 0.497 e. The number of methoxy groups -OCH3 is 1. The van der Waals surface area contributed by atoms with Crippen LogP contribution in [0.5, 0.6) is 5.75 Å². The minimum absolute atomic E-state index is 0.0324. The Morgan fingerprint density at radius 2 is 1.62 bits per heavy atom. The van der Waals surface area contributed by atoms with Crippen molar-refractivity contribution < 1.29 is 22.7 Å². The smallest absolute Gasteiger partial charge is 0.243 e. The van der Waals surface area contributed by atoms with Crippen LogP contribution in [0.25, 0.3) is 0 Å². The average molecular weight is 614 g/mol. The number of benzene rings is 3. The molecule has 3 rings (SSSR count). The topological polar surface area (TPSA) is 96.0 Å². The first-order valence-corrected chi connectivity index (χ1v) is 16.0. The van der Waals surface area contributed by atoms with Crippen LogP contribution in [0.15, 0.2) is 78.9 Å². The molecular weight excluding hydrogens is 574 g/mol. The van der Waals surface area contributed by atoms with Gasteiger partial charge in [-0.1, -0.05) is 60.1 Å². The van der Waals surface area contributed by atoms with E-state index >= 15 is 0 Å². The number of carbonyl (C=O) groups is 2. The molecule has 42 heavy (non-hydrogen) atoms. The maximum atomic E-state index is 14.0. The molecule has 0 heterocycles. The summed E-state index contributed by atoms with van der Waals surface area (Å²) in [7, 11) is -2.05. The average Bonchev–Trinajstić information content (AvgIpc) is 2.92. The number of hydrogen-bond acceptors (Lipinski definition) is 5. The van der Waals surface area contributed by atoms with Crippen LogP contribution < -0.4 is 14.4 Å². The van der Waals surface area contributed by atoms with Crippen molar-refractivity contribution in [1.29, 1.82) is 0 Å². The summed E-state index contributed by atoms with van der Waals surface area (Å²) >= 11 is 6.11. The molecule has 0 bridgehead atoms. The first-order valence-electron chi connectivity index (χ1n) is 13.8. The van der Waals surface area contributed by atoms with Gasteiger partial charge in [0, 0.05) is 36.5 Å². The van der Waals surface area contributed by atoms with Crippen molar-refractivity contribution in [1.82, 2.24) is 10.2 Å². The van der Waals surface area contributed by atoms with Crippen LogP contribution in [0.3, 0.4) is 0 Å². The zero-order chi connectivity index (χ0) is 30.9. The van der Waals surface area contributed by atoms with Gasteiger partial charge < -0.3 is 15.0 Å². The number of amides is 2. The second-order valence-corrected chi connectivity index (χ2v) is 13.6. The molecule has 0 unspecified atom stereocenters. The van der Waals surface area contributed by atoms with Crippen molar-refractivity contribution in [3.63, 3.8) is 0 Å². The third kappa shape index (κ3) is 10.1. The van der Waals surface area contributed by atoms with E-state index in [1.807, 2.05) is 75.4 Å². The third-order valence-corrected chi connectivity index (χ3v) is 7.93. The van der Waals surface area contributed by atoms with Crippen LogP contribution in [-0.4, -0.2) is 56.6 Å². The van der Waals surface area contributed by atoms with Crippen LogP contribution in [0, 0.1) is 0 Å². The number of nitrogens with zero attached hydrogens (tertiary/aromatic N) is 2. The van der Waals surface area contributed by atoms with Gasteiger partial charge in [0.15, 0.2) is 0 Å². The monoisotopic (exact) mass is 613 g/mol. The molecule has 0 aromatic heterocycles. The maximum absolute atomic E-state index is 14.0. The lowest BCUT2D eigenvalue weighted by Gasteiger charge is -2.34. The Bertz CT molecular complexity index is 1460. The van der Waals surface area contributed by atoms with Gasteiger partial charge in [-0.25, -0.2) is 8.42 Å². The van der Waals surface area contributed by atoms with Crippen molar-refractivity contribution in [2.24, 2.45) is 0 Å². The zero-order valence-corrected chi connectivity index (χ0v) is 26.4. The number of hydrogen-bond donors (Lipinski definition) is 1. The molecule has 0 aliphatic heterocycles. The Hall–Kier alpha value is -3.56. The summed E-state index contributed by atoms with van der Waals surface area (Å²) < 4.78 is 31.8. The summed E-state index contributed by atoms with van der Waals surface area (Å²) in [5, 5.41) is 3.46. The highest BCUT2D eigenvalue weighted by Crippen LogP contribution is 2.24. The van der Waals surface area contributed by atoms with Crippen molar-refractivity contribution in [2.45, 2.75) is 58.2 Å². The lowest BCUT2D eigenvalue weighted by molar-refractivity contribution is -0.142. The molecule has 1 atom stereocenters. The molecule has 226 valence electrons. The molecule has 3 aromatic carbocycles. The van der Waals surface area contributed by atoms with Crippen LogP contribution in [0.4, 0.5) is 5.69 Å². The summed E-state index contributed by atoms with van der Waals surface area (Å²) in [5.74, 6) is 0.116. The molecule has 1 N–H and O–H groups in total. The van der Waals surface area contributed by atoms with E-state index in [4.69, 9.17) is 16.3 Å². The molecule has 2 amide bonds. The number of carbonyl (C=O) groups excluding carboxylic acids is 2. The molecule has 0 aliphatic carbocycles. The van der Waals surface area contributed by atoms with Crippen molar-refractivity contribution in [2.75, 3.05) is 24.2 Å². The summed E-state index contributed by atoms with van der Waals surface area (Å²) in [5.41, 5.74) is 1.64. The normalized spacial score (nSPS) is 12.3. The van der Waals surface area contributed by atoms with Crippen LogP contribution in [0.1, 0.15) is 44.7 Å². The predicted molar refractivity (Wildman–Crippen MR) is 168 cm³/mol. The molecule has 0 saturated carbocycles. The Kier molecular flexibility index (Phi) is 11.4. The molecule has 0 aliphatic rings. The van der Waals surface area contributed by atoms with Crippen molar-refractivity contribution in [3.05, 3.63) is 95.0 Å². The minimum atomic E-state index is -3.63. The van der Waals surface area contributed by atoms with Gasteiger partial charge in [-0.15, -0.1) is 0 Å². The van der Waals surface area contributed by atoms with E-state index < -0.39 is 21.6 Å². The number of rotatable bonds is 13. The Labute approximate surface area is 254 Å². The highest BCUT2D eigenvalue weighted by atomic mass is 35.5. The highest BCUT2D eigenvalue weighted by molar-refractivity contribution is 7.92. The minimum Gasteiger partial charge on any atom is -0.497 e. The zero-order valence-electron chi connectivity index (χ0n) is 24.8. The van der Waals surface area contributed by atoms with E-state index in [2.05, 4.69) is 5.32 Å². The quantitative estimate of drug-likeness (QED) is 0.277. The fourth-order valence-corrected chi connectivity index (χ4v) is 5.75. The number of anilines is 1. The van der Waals surface area contributed by atoms with E-state index in [1.165, 1.54) is 4.31 Å². The number of halogens is 1. The third-order valence-electron chi connectivity index (χ3n) is 6.50. The lowest BCUT2D eigenvalue weighted by atomic mass is 10.00. The SMILES string of the molecule is COc1cccc(CN(C(=O)CCCN(c2cccc(Cl)c2)S(C)(=O)=O)[C@H](Cc2ccccc2)C(=O)NC(C)(C)C)c1. The molecule has 10 heteroatoms. The Morgan fingerprint density at radius 1 is 0.952 bits per heavy atom. The van der Waals surface area contributed by atoms with Gasteiger partial charge in [-0.2, -0.15) is 0 Å². The predicted octanol–water partition coefficient (Wildman–Crippen LogP) is 5.45. The fourth-order valence-electron chi connectivity index (χ4n) is 4.61. The second-order valence-electron chi connectivity index (χ2n) is 11.2. The van der Waals surface area contributed by atoms with Gasteiger partial charge in [0.25, 0.3) is 0 Å². The molecule has 0 saturated heterocycles. The van der Waals surface area contributed by atoms with Crippen LogP contribution in [-0.2, 0) is 32.6 Å². The summed E-state index contributed by atoms with van der Waals surface area (Å²) in [6.45, 7) is 5.95. The molecule has 0 radical (unpaired) electrons. The molecular formula is C32H40ClN3O5S. The summed E-state index contributed by atoms with van der Waals surface area (Å²) in [6.07, 6.45) is 1.71. The molecule has 8 nitrogen and oxygen atoms in total. The lowest BCUT2D eigenvalue weighted by Crippen LogP contribution is -2.54. The summed E-state index contributed by atoms with van der Waals surface area (Å²) in [6, 6.07) is 22.7. The van der Waals surface area contributed by atoms with Gasteiger partial charge in [0.05, 0.1) is 19.1 Å². The first-order chi connectivity index (χ1) is 19.8. The Balaban J connectivity index is 1.92. The van der Waals surface area contributed by atoms with Crippen LogP contribution >= 0.6 is 11.6 Å². The van der Waals surface area contributed by atoms with E-state index in [1.54, 1.807) is 36.3 Å². The highest BCUT2D eigenvalue weighted by Gasteiger charge is 2.32. The summed E-state index contributed by atoms with van der Waals surface area (Å²) in [4.78, 5) is 29.3. The Morgan fingerprint density at radius 3 is 2.24 bits per heavy atom.